The molecule has 0 aliphatic rings. The van der Waals surface area contributed by atoms with Crippen LogP contribution in [0.25, 0.3) is 11.1 Å². The van der Waals surface area contributed by atoms with E-state index in [0.29, 0.717) is 29.1 Å². The molecule has 6 nitrogen and oxygen atoms in total. The number of carboxylic acid groups (broad SMARTS) is 1. The summed E-state index contributed by atoms with van der Waals surface area (Å²) in [6.45, 7) is 2.59. The van der Waals surface area contributed by atoms with Gasteiger partial charge in [-0.25, -0.2) is 8.78 Å². The second-order valence-corrected chi connectivity index (χ2v) is 11.2. The standard InChI is InChI=1S/C30H29F2N3O3S2.Li/c1-19-5-3-4-6-25(19)27-11-20(7-8-26(27)29(36)34-28(30(37)38)9-10-39-2)16-35(17-24-15-33-18-40-24)23-13-21(31)12-22(32)14-23;/h3-8,11-15,18,28H,9-10,16-17H2,1-2H3,(H,34,36)(H,37,38);/q;+1/p-1/t28-;/m0./s1. The molecular weight excluding hydrogens is 559 g/mol. The van der Waals surface area contributed by atoms with Gasteiger partial charge in [0.15, 0.2) is 0 Å². The van der Waals surface area contributed by atoms with Crippen LogP contribution >= 0.6 is 23.1 Å². The molecule has 0 unspecified atom stereocenters. The third-order valence-electron chi connectivity index (χ3n) is 6.38. The summed E-state index contributed by atoms with van der Waals surface area (Å²) in [5.74, 6) is -2.66. The number of carbonyl (C=O) groups is 2. The molecule has 0 spiro atoms. The average molecular weight is 588 g/mol. The molecule has 1 heterocycles. The van der Waals surface area contributed by atoms with Crippen molar-refractivity contribution in [3.8, 4) is 11.1 Å². The van der Waals surface area contributed by atoms with Crippen molar-refractivity contribution in [1.29, 1.82) is 0 Å². The molecule has 3 aromatic carbocycles. The van der Waals surface area contributed by atoms with Crippen molar-refractivity contribution in [1.82, 2.24) is 10.3 Å². The molecule has 4 aromatic rings. The predicted molar refractivity (Wildman–Crippen MR) is 154 cm³/mol. The molecule has 0 saturated heterocycles. The summed E-state index contributed by atoms with van der Waals surface area (Å²) in [6, 6.07) is 15.1. The number of carboxylic acids is 1. The normalized spacial score (nSPS) is 11.4. The van der Waals surface area contributed by atoms with E-state index in [9.17, 15) is 23.5 Å². The van der Waals surface area contributed by atoms with Gasteiger partial charge in [-0.2, -0.15) is 11.8 Å². The first kappa shape index (κ1) is 32.4. The van der Waals surface area contributed by atoms with Crippen molar-refractivity contribution in [3.05, 3.63) is 106 Å². The number of carbonyl (C=O) groups excluding carboxylic acids is 2. The second-order valence-electron chi connectivity index (χ2n) is 9.27. The quantitative estimate of drug-likeness (QED) is 0.256. The van der Waals surface area contributed by atoms with Gasteiger partial charge in [0, 0.05) is 34.9 Å². The Labute approximate surface area is 258 Å². The van der Waals surface area contributed by atoms with Crippen LogP contribution in [-0.2, 0) is 17.9 Å². The van der Waals surface area contributed by atoms with Gasteiger partial charge in [-0.1, -0.05) is 30.3 Å². The van der Waals surface area contributed by atoms with Crippen LogP contribution in [0.2, 0.25) is 0 Å². The number of hydrogen-bond acceptors (Lipinski definition) is 7. The number of anilines is 1. The van der Waals surface area contributed by atoms with Gasteiger partial charge in [0.05, 0.1) is 24.1 Å². The number of halogens is 2. The maximum Gasteiger partial charge on any atom is 1.00 e. The molecule has 4 rings (SSSR count). The van der Waals surface area contributed by atoms with Crippen molar-refractivity contribution in [2.75, 3.05) is 16.9 Å². The van der Waals surface area contributed by atoms with Crippen LogP contribution in [0.5, 0.6) is 0 Å². The van der Waals surface area contributed by atoms with E-state index in [1.54, 1.807) is 23.8 Å². The number of amides is 1. The summed E-state index contributed by atoms with van der Waals surface area (Å²) in [6.07, 6.45) is 3.81. The summed E-state index contributed by atoms with van der Waals surface area (Å²) < 4.78 is 28.3. The first-order valence-electron chi connectivity index (χ1n) is 12.5. The molecule has 11 heteroatoms. The number of aryl methyl sites for hydroxylation is 1. The smallest absolute Gasteiger partial charge is 0.548 e. The summed E-state index contributed by atoms with van der Waals surface area (Å²) >= 11 is 2.92. The number of aromatic nitrogens is 1. The van der Waals surface area contributed by atoms with Gasteiger partial charge in [0.2, 0.25) is 0 Å². The van der Waals surface area contributed by atoms with Gasteiger partial charge in [-0.15, -0.1) is 11.3 Å². The fourth-order valence-corrected chi connectivity index (χ4v) is 5.48. The number of aliphatic carboxylic acids is 1. The number of thioether (sulfide) groups is 1. The molecule has 0 radical (unpaired) electrons. The van der Waals surface area contributed by atoms with E-state index in [4.69, 9.17) is 0 Å². The first-order chi connectivity index (χ1) is 19.2. The fraction of sp³-hybridized carbons (Fsp3) is 0.233. The fourth-order valence-electron chi connectivity index (χ4n) is 4.40. The Bertz CT molecular complexity index is 1470. The Morgan fingerprint density at radius 2 is 1.78 bits per heavy atom. The van der Waals surface area contributed by atoms with Crippen molar-refractivity contribution in [3.63, 3.8) is 0 Å². The summed E-state index contributed by atoms with van der Waals surface area (Å²) in [4.78, 5) is 31.9. The van der Waals surface area contributed by atoms with E-state index in [1.807, 2.05) is 48.4 Å². The third-order valence-corrected chi connectivity index (χ3v) is 7.79. The zero-order valence-corrected chi connectivity index (χ0v) is 24.7. The van der Waals surface area contributed by atoms with E-state index < -0.39 is 29.6 Å². The van der Waals surface area contributed by atoms with E-state index >= 15 is 0 Å². The second kappa shape index (κ2) is 15.2. The van der Waals surface area contributed by atoms with E-state index in [1.165, 1.54) is 35.2 Å². The summed E-state index contributed by atoms with van der Waals surface area (Å²) in [7, 11) is 0. The minimum atomic E-state index is -1.34. The molecular formula is C30H28F2LiN3O3S2. The molecule has 0 saturated carbocycles. The predicted octanol–water partition coefficient (Wildman–Crippen LogP) is 2.21. The molecule has 0 aliphatic carbocycles. The van der Waals surface area contributed by atoms with Crippen molar-refractivity contribution in [2.24, 2.45) is 0 Å². The molecule has 208 valence electrons. The number of rotatable bonds is 12. The summed E-state index contributed by atoms with van der Waals surface area (Å²) in [5.41, 5.74) is 5.55. The number of nitrogens with zero attached hydrogens (tertiary/aromatic N) is 2. The van der Waals surface area contributed by atoms with Gasteiger partial charge >= 0.3 is 18.9 Å². The Morgan fingerprint density at radius 3 is 2.41 bits per heavy atom. The van der Waals surface area contributed by atoms with Crippen LogP contribution in [0.15, 0.2) is 72.4 Å². The molecule has 1 atom stereocenters. The van der Waals surface area contributed by atoms with Crippen molar-refractivity contribution >= 4 is 40.7 Å². The number of benzene rings is 3. The molecule has 0 aliphatic heterocycles. The van der Waals surface area contributed by atoms with Gasteiger partial charge in [-0.05, 0) is 71.9 Å². The van der Waals surface area contributed by atoms with Crippen molar-refractivity contribution < 1.29 is 42.3 Å². The maximum absolute atomic E-state index is 14.1. The molecule has 41 heavy (non-hydrogen) atoms. The average Bonchev–Trinajstić information content (AvgIpc) is 3.43. The maximum atomic E-state index is 14.1. The van der Waals surface area contributed by atoms with Gasteiger partial charge in [0.25, 0.3) is 5.91 Å². The van der Waals surface area contributed by atoms with Crippen LogP contribution in [-0.4, -0.2) is 34.9 Å². The van der Waals surface area contributed by atoms with Crippen molar-refractivity contribution in [2.45, 2.75) is 32.5 Å². The Morgan fingerprint density at radius 1 is 1.05 bits per heavy atom. The summed E-state index contributed by atoms with van der Waals surface area (Å²) in [5, 5.41) is 14.3. The Kier molecular flexibility index (Phi) is 12.0. The number of thiazole rings is 1. The van der Waals surface area contributed by atoms with Gasteiger partial charge < -0.3 is 20.1 Å². The van der Waals surface area contributed by atoms with E-state index in [2.05, 4.69) is 10.3 Å². The van der Waals surface area contributed by atoms with E-state index in [-0.39, 0.29) is 31.8 Å². The minimum absolute atomic E-state index is 0. The van der Waals surface area contributed by atoms with Gasteiger partial charge in [-0.3, -0.25) is 9.78 Å². The van der Waals surface area contributed by atoms with Crippen LogP contribution in [0.1, 0.15) is 32.8 Å². The topological polar surface area (TPSA) is 85.4 Å². The Hall–Kier alpha value is -3.16. The monoisotopic (exact) mass is 587 g/mol. The van der Waals surface area contributed by atoms with Crippen LogP contribution in [0.3, 0.4) is 0 Å². The number of hydrogen-bond donors (Lipinski definition) is 1. The number of nitrogens with one attached hydrogen (secondary N) is 1. The van der Waals surface area contributed by atoms with Crippen LogP contribution < -0.4 is 34.2 Å². The minimum Gasteiger partial charge on any atom is -0.548 e. The molecule has 1 aromatic heterocycles. The zero-order chi connectivity index (χ0) is 28.6. The van der Waals surface area contributed by atoms with Gasteiger partial charge in [0.1, 0.15) is 11.6 Å². The van der Waals surface area contributed by atoms with Crippen LogP contribution in [0.4, 0.5) is 14.5 Å². The zero-order valence-electron chi connectivity index (χ0n) is 23.0. The molecule has 0 bridgehead atoms. The molecule has 0 fully saturated rings. The SMILES string of the molecule is CSCC[C@H](NC(=O)c1ccc(CN(Cc2cncs2)c2cc(F)cc(F)c2)cc1-c1ccccc1C)C(=O)[O-].[Li+]. The molecule has 1 amide bonds. The van der Waals surface area contributed by atoms with E-state index in [0.717, 1.165) is 27.6 Å². The first-order valence-corrected chi connectivity index (χ1v) is 14.8. The van der Waals surface area contributed by atoms with Crippen LogP contribution in [0, 0.1) is 18.6 Å². The Balaban J connectivity index is 0.00000462. The molecule has 1 N–H and O–H groups in total. The third kappa shape index (κ3) is 8.66. The largest absolute Gasteiger partial charge is 1.00 e.